The first kappa shape index (κ1) is 23.5. The van der Waals surface area contributed by atoms with Crippen LogP contribution < -0.4 is 0 Å². The van der Waals surface area contributed by atoms with Gasteiger partial charge < -0.3 is 15.3 Å². The van der Waals surface area contributed by atoms with E-state index >= 15 is 0 Å². The summed E-state index contributed by atoms with van der Waals surface area (Å²) >= 11 is 0. The van der Waals surface area contributed by atoms with Gasteiger partial charge in [-0.05, 0) is 97.7 Å². The molecule has 0 heterocycles. The molecule has 0 radical (unpaired) electrons. The molecule has 4 nitrogen and oxygen atoms in total. The van der Waals surface area contributed by atoms with Crippen LogP contribution in [0.4, 0.5) is 0 Å². The van der Waals surface area contributed by atoms with E-state index in [-0.39, 0.29) is 11.3 Å². The third-order valence-corrected chi connectivity index (χ3v) is 11.2. The first-order valence-electron chi connectivity index (χ1n) is 13.2. The van der Waals surface area contributed by atoms with Gasteiger partial charge in [0.1, 0.15) is 0 Å². The number of aliphatic carboxylic acids is 1. The second-order valence-electron chi connectivity index (χ2n) is 12.7. The van der Waals surface area contributed by atoms with Crippen LogP contribution in [0.15, 0.2) is 0 Å². The highest BCUT2D eigenvalue weighted by atomic mass is 16.5. The van der Waals surface area contributed by atoms with E-state index < -0.39 is 11.8 Å². The summed E-state index contributed by atoms with van der Waals surface area (Å²) in [4.78, 5) is 11.1. The second kappa shape index (κ2) is 8.31. The smallest absolute Gasteiger partial charge is 0.306 e. The van der Waals surface area contributed by atoms with Gasteiger partial charge in [0.25, 0.3) is 0 Å². The van der Waals surface area contributed by atoms with Crippen molar-refractivity contribution in [3.63, 3.8) is 0 Å². The zero-order valence-electron chi connectivity index (χ0n) is 20.3. The maximum absolute atomic E-state index is 11.1. The molecule has 0 aromatic carbocycles. The first-order valence-corrected chi connectivity index (χ1v) is 13.2. The Labute approximate surface area is 189 Å². The van der Waals surface area contributed by atoms with Gasteiger partial charge in [0.05, 0.1) is 5.92 Å². The molecular weight excluding hydrogens is 388 g/mol. The number of hydrogen-bond donors (Lipinski definition) is 3. The minimum Gasteiger partial charge on any atom is -0.481 e. The van der Waals surface area contributed by atoms with Crippen LogP contribution in [-0.2, 0) is 4.79 Å². The molecule has 2 unspecified atom stereocenters. The number of hydrogen-bond acceptors (Lipinski definition) is 3. The summed E-state index contributed by atoms with van der Waals surface area (Å²) in [7, 11) is 0. The lowest BCUT2D eigenvalue weighted by molar-refractivity contribution is -0.233. The van der Waals surface area contributed by atoms with Crippen LogP contribution >= 0.6 is 0 Å². The molecule has 0 aromatic rings. The van der Waals surface area contributed by atoms with Crippen molar-refractivity contribution in [1.29, 1.82) is 0 Å². The molecule has 4 fully saturated rings. The minimum atomic E-state index is -1.44. The van der Waals surface area contributed by atoms with E-state index in [9.17, 15) is 15.0 Å². The topological polar surface area (TPSA) is 77.8 Å². The van der Waals surface area contributed by atoms with Gasteiger partial charge in [-0.3, -0.25) is 4.79 Å². The fourth-order valence-corrected chi connectivity index (χ4v) is 9.27. The van der Waals surface area contributed by atoms with E-state index in [1.807, 2.05) is 6.92 Å². The standard InChI is InChI=1S/C27H46O4/c1-17(6-5-7-18(2)24(28)29)21-10-11-22-20-9-8-19-16-27(30,31)15-14-25(19,3)23(20)12-13-26(21,22)4/h17-23,30-31H,5-16H2,1-4H3,(H,28,29)/t17-,18?,19?,20+,21-,22+,23+,25+,26-/m1/s1. The Morgan fingerprint density at radius 3 is 2.32 bits per heavy atom. The molecule has 4 aliphatic carbocycles. The van der Waals surface area contributed by atoms with Gasteiger partial charge in [0, 0.05) is 12.8 Å². The molecule has 9 atom stereocenters. The number of rotatable bonds is 6. The predicted octanol–water partition coefficient (Wildman–Crippen LogP) is 5.85. The fourth-order valence-electron chi connectivity index (χ4n) is 9.27. The van der Waals surface area contributed by atoms with Crippen molar-refractivity contribution in [2.75, 3.05) is 0 Å². The summed E-state index contributed by atoms with van der Waals surface area (Å²) < 4.78 is 0. The predicted molar refractivity (Wildman–Crippen MR) is 122 cm³/mol. The van der Waals surface area contributed by atoms with Crippen molar-refractivity contribution >= 4 is 5.97 Å². The van der Waals surface area contributed by atoms with Gasteiger partial charge in [-0.25, -0.2) is 0 Å². The third-order valence-electron chi connectivity index (χ3n) is 11.2. The van der Waals surface area contributed by atoms with Crippen LogP contribution in [0, 0.1) is 52.3 Å². The lowest BCUT2D eigenvalue weighted by Gasteiger charge is -2.61. The van der Waals surface area contributed by atoms with Gasteiger partial charge in [0.2, 0.25) is 0 Å². The molecule has 4 saturated carbocycles. The van der Waals surface area contributed by atoms with E-state index in [1.165, 1.54) is 38.5 Å². The highest BCUT2D eigenvalue weighted by Gasteiger charge is 2.61. The Balaban J connectivity index is 1.42. The number of carboxylic acid groups (broad SMARTS) is 1. The quantitative estimate of drug-likeness (QED) is 0.458. The molecule has 31 heavy (non-hydrogen) atoms. The van der Waals surface area contributed by atoms with Gasteiger partial charge in [-0.2, -0.15) is 0 Å². The van der Waals surface area contributed by atoms with Crippen molar-refractivity contribution in [3.8, 4) is 0 Å². The SMILES string of the molecule is CC(CCC[C@@H](C)[C@H]1CC[C@H]2[C@@H]3CCC4CC(O)(O)CC[C@]4(C)[C@H]3CC[C@]12C)C(=O)O. The highest BCUT2D eigenvalue weighted by molar-refractivity contribution is 5.69. The number of aliphatic hydroxyl groups is 2. The summed E-state index contributed by atoms with van der Waals surface area (Å²) in [6, 6.07) is 0. The molecule has 3 N–H and O–H groups in total. The summed E-state index contributed by atoms with van der Waals surface area (Å²) in [5.74, 6) is 1.99. The number of carboxylic acids is 1. The van der Waals surface area contributed by atoms with E-state index in [2.05, 4.69) is 20.8 Å². The van der Waals surface area contributed by atoms with E-state index in [1.54, 1.807) is 0 Å². The Hall–Kier alpha value is -0.610. The van der Waals surface area contributed by atoms with Crippen molar-refractivity contribution < 1.29 is 20.1 Å². The molecule has 0 saturated heterocycles. The fraction of sp³-hybridized carbons (Fsp3) is 0.963. The van der Waals surface area contributed by atoms with Gasteiger partial charge in [0.15, 0.2) is 5.79 Å². The molecule has 178 valence electrons. The molecule has 0 spiro atoms. The van der Waals surface area contributed by atoms with Crippen molar-refractivity contribution in [1.82, 2.24) is 0 Å². The van der Waals surface area contributed by atoms with Crippen LogP contribution in [-0.4, -0.2) is 27.1 Å². The maximum Gasteiger partial charge on any atom is 0.306 e. The van der Waals surface area contributed by atoms with Crippen LogP contribution in [0.25, 0.3) is 0 Å². The molecular formula is C27H46O4. The number of fused-ring (bicyclic) bond motifs is 5. The van der Waals surface area contributed by atoms with Crippen molar-refractivity contribution in [2.24, 2.45) is 52.3 Å². The summed E-state index contributed by atoms with van der Waals surface area (Å²) in [5, 5.41) is 29.7. The second-order valence-corrected chi connectivity index (χ2v) is 12.7. The average Bonchev–Trinajstić information content (AvgIpc) is 3.05. The van der Waals surface area contributed by atoms with Crippen LogP contribution in [0.3, 0.4) is 0 Å². The molecule has 0 aliphatic heterocycles. The van der Waals surface area contributed by atoms with Gasteiger partial charge >= 0.3 is 5.97 Å². The highest BCUT2D eigenvalue weighted by Crippen LogP contribution is 2.68. The lowest BCUT2D eigenvalue weighted by atomic mass is 9.44. The van der Waals surface area contributed by atoms with Crippen LogP contribution in [0.1, 0.15) is 105 Å². The zero-order chi connectivity index (χ0) is 22.6. The van der Waals surface area contributed by atoms with Gasteiger partial charge in [-0.15, -0.1) is 0 Å². The lowest BCUT2D eigenvalue weighted by Crippen LogP contribution is -2.56. The Morgan fingerprint density at radius 2 is 1.61 bits per heavy atom. The largest absolute Gasteiger partial charge is 0.481 e. The van der Waals surface area contributed by atoms with Crippen LogP contribution in [0.5, 0.6) is 0 Å². The number of carbonyl (C=O) groups is 1. The molecule has 0 bridgehead atoms. The van der Waals surface area contributed by atoms with Crippen molar-refractivity contribution in [2.45, 2.75) is 111 Å². The Morgan fingerprint density at radius 1 is 0.903 bits per heavy atom. The van der Waals surface area contributed by atoms with Crippen molar-refractivity contribution in [3.05, 3.63) is 0 Å². The molecule has 4 heteroatoms. The first-order chi connectivity index (χ1) is 14.5. The Bertz CT molecular complexity index is 674. The monoisotopic (exact) mass is 434 g/mol. The third kappa shape index (κ3) is 4.09. The molecule has 0 aromatic heterocycles. The van der Waals surface area contributed by atoms with E-state index in [0.29, 0.717) is 30.1 Å². The average molecular weight is 435 g/mol. The summed E-state index contributed by atoms with van der Waals surface area (Å²) in [6.07, 6.45) is 12.9. The van der Waals surface area contributed by atoms with E-state index in [4.69, 9.17) is 5.11 Å². The summed E-state index contributed by atoms with van der Waals surface area (Å²) in [5.41, 5.74) is 0.727. The minimum absolute atomic E-state index is 0.224. The molecule has 0 amide bonds. The zero-order valence-corrected chi connectivity index (χ0v) is 20.3. The van der Waals surface area contributed by atoms with Crippen LogP contribution in [0.2, 0.25) is 0 Å². The maximum atomic E-state index is 11.1. The normalized spacial score (nSPS) is 45.8. The molecule has 4 rings (SSSR count). The van der Waals surface area contributed by atoms with E-state index in [0.717, 1.165) is 49.4 Å². The molecule has 4 aliphatic rings. The summed E-state index contributed by atoms with van der Waals surface area (Å²) in [6.45, 7) is 9.33. The van der Waals surface area contributed by atoms with Gasteiger partial charge in [-0.1, -0.05) is 40.5 Å². The Kier molecular flexibility index (Phi) is 6.31.